The SMILES string of the molecule is FC(F)(F)C1CCC(NCc2cc[nH]c2)CC1. The minimum absolute atomic E-state index is 0.225. The highest BCUT2D eigenvalue weighted by Crippen LogP contribution is 2.37. The zero-order valence-electron chi connectivity index (χ0n) is 9.56. The van der Waals surface area contributed by atoms with Gasteiger partial charge in [-0.3, -0.25) is 0 Å². The molecule has 1 aliphatic rings. The minimum atomic E-state index is -4.01. The second kappa shape index (κ2) is 5.12. The lowest BCUT2D eigenvalue weighted by Crippen LogP contribution is -2.36. The van der Waals surface area contributed by atoms with Crippen molar-refractivity contribution in [1.29, 1.82) is 0 Å². The summed E-state index contributed by atoms with van der Waals surface area (Å²) in [4.78, 5) is 2.96. The van der Waals surface area contributed by atoms with Crippen molar-refractivity contribution >= 4 is 0 Å². The Morgan fingerprint density at radius 1 is 1.24 bits per heavy atom. The molecule has 2 N–H and O–H groups in total. The average Bonchev–Trinajstić information content (AvgIpc) is 2.78. The summed E-state index contributed by atoms with van der Waals surface area (Å²) in [7, 11) is 0. The largest absolute Gasteiger partial charge is 0.391 e. The Hall–Kier alpha value is -0.970. The highest BCUT2D eigenvalue weighted by molar-refractivity contribution is 5.07. The molecule has 1 fully saturated rings. The standard InChI is InChI=1S/C12H17F3N2/c13-12(14,15)10-1-3-11(4-2-10)17-8-9-5-6-16-7-9/h5-7,10-11,16-17H,1-4,8H2. The molecule has 0 saturated heterocycles. The smallest absolute Gasteiger partial charge is 0.367 e. The Morgan fingerprint density at radius 3 is 2.47 bits per heavy atom. The fourth-order valence-electron chi connectivity index (χ4n) is 2.36. The number of nitrogens with one attached hydrogen (secondary N) is 2. The molecule has 0 aromatic carbocycles. The lowest BCUT2D eigenvalue weighted by molar-refractivity contribution is -0.182. The fraction of sp³-hybridized carbons (Fsp3) is 0.667. The number of halogens is 3. The molecule has 1 heterocycles. The monoisotopic (exact) mass is 246 g/mol. The summed E-state index contributed by atoms with van der Waals surface area (Å²) in [5.74, 6) is -1.09. The first-order valence-electron chi connectivity index (χ1n) is 5.97. The Labute approximate surface area is 98.6 Å². The van der Waals surface area contributed by atoms with Gasteiger partial charge in [0.25, 0.3) is 0 Å². The highest BCUT2D eigenvalue weighted by atomic mass is 19.4. The number of aromatic nitrogens is 1. The van der Waals surface area contributed by atoms with Crippen LogP contribution in [0.2, 0.25) is 0 Å². The van der Waals surface area contributed by atoms with Crippen LogP contribution in [0.4, 0.5) is 13.2 Å². The first kappa shape index (κ1) is 12.5. The van der Waals surface area contributed by atoms with Crippen LogP contribution in [-0.4, -0.2) is 17.2 Å². The molecule has 17 heavy (non-hydrogen) atoms. The highest BCUT2D eigenvalue weighted by Gasteiger charge is 2.41. The van der Waals surface area contributed by atoms with Crippen molar-refractivity contribution in [2.45, 2.75) is 44.4 Å². The number of aromatic amines is 1. The van der Waals surface area contributed by atoms with Crippen molar-refractivity contribution in [3.05, 3.63) is 24.0 Å². The summed E-state index contributed by atoms with van der Waals surface area (Å²) in [6, 6.07) is 2.19. The van der Waals surface area contributed by atoms with Crippen molar-refractivity contribution in [3.8, 4) is 0 Å². The predicted molar refractivity (Wildman–Crippen MR) is 59.4 cm³/mol. The van der Waals surface area contributed by atoms with Crippen molar-refractivity contribution < 1.29 is 13.2 Å². The van der Waals surface area contributed by atoms with Gasteiger partial charge in [0.2, 0.25) is 0 Å². The molecule has 0 radical (unpaired) electrons. The third-order valence-corrected chi connectivity index (χ3v) is 3.45. The zero-order valence-corrected chi connectivity index (χ0v) is 9.56. The Kier molecular flexibility index (Phi) is 3.76. The zero-order chi connectivity index (χ0) is 12.3. The maximum absolute atomic E-state index is 12.5. The van der Waals surface area contributed by atoms with Gasteiger partial charge in [-0.15, -0.1) is 0 Å². The normalized spacial score (nSPS) is 26.1. The Bertz CT molecular complexity index is 324. The molecule has 0 bridgehead atoms. The number of alkyl halides is 3. The molecule has 2 rings (SSSR count). The van der Waals surface area contributed by atoms with E-state index in [0.29, 0.717) is 12.8 Å². The van der Waals surface area contributed by atoms with Crippen LogP contribution in [0.5, 0.6) is 0 Å². The van der Waals surface area contributed by atoms with E-state index in [1.54, 1.807) is 0 Å². The summed E-state index contributed by atoms with van der Waals surface area (Å²) >= 11 is 0. The molecule has 1 aromatic heterocycles. The van der Waals surface area contributed by atoms with E-state index in [2.05, 4.69) is 10.3 Å². The lowest BCUT2D eigenvalue weighted by atomic mass is 9.85. The maximum Gasteiger partial charge on any atom is 0.391 e. The van der Waals surface area contributed by atoms with Gasteiger partial charge in [0.05, 0.1) is 5.92 Å². The molecular formula is C12H17F3N2. The van der Waals surface area contributed by atoms with E-state index in [4.69, 9.17) is 0 Å². The van der Waals surface area contributed by atoms with Crippen molar-refractivity contribution in [3.63, 3.8) is 0 Å². The molecule has 1 aliphatic carbocycles. The van der Waals surface area contributed by atoms with E-state index in [9.17, 15) is 13.2 Å². The summed E-state index contributed by atoms with van der Waals surface area (Å²) in [6.07, 6.45) is 1.49. The van der Waals surface area contributed by atoms with Gasteiger partial charge in [-0.25, -0.2) is 0 Å². The molecule has 1 saturated carbocycles. The van der Waals surface area contributed by atoms with E-state index in [0.717, 1.165) is 12.1 Å². The fourth-order valence-corrected chi connectivity index (χ4v) is 2.36. The van der Waals surface area contributed by atoms with Crippen molar-refractivity contribution in [2.75, 3.05) is 0 Å². The van der Waals surface area contributed by atoms with Crippen LogP contribution in [0.15, 0.2) is 18.5 Å². The van der Waals surface area contributed by atoms with Crippen LogP contribution >= 0.6 is 0 Å². The molecule has 0 aliphatic heterocycles. The summed E-state index contributed by atoms with van der Waals surface area (Å²) in [5, 5.41) is 3.31. The van der Waals surface area contributed by atoms with Crippen LogP contribution in [0.1, 0.15) is 31.2 Å². The van der Waals surface area contributed by atoms with Gasteiger partial charge < -0.3 is 10.3 Å². The minimum Gasteiger partial charge on any atom is -0.367 e. The van der Waals surface area contributed by atoms with Crippen LogP contribution in [0, 0.1) is 5.92 Å². The van der Waals surface area contributed by atoms with Crippen LogP contribution < -0.4 is 5.32 Å². The average molecular weight is 246 g/mol. The Morgan fingerprint density at radius 2 is 1.94 bits per heavy atom. The molecular weight excluding hydrogens is 229 g/mol. The number of rotatable bonds is 3. The molecule has 0 unspecified atom stereocenters. The molecule has 2 nitrogen and oxygen atoms in total. The summed E-state index contributed by atoms with van der Waals surface area (Å²) < 4.78 is 37.4. The van der Waals surface area contributed by atoms with Crippen LogP contribution in [0.25, 0.3) is 0 Å². The van der Waals surface area contributed by atoms with Crippen molar-refractivity contribution in [1.82, 2.24) is 10.3 Å². The second-order valence-electron chi connectivity index (χ2n) is 4.69. The topological polar surface area (TPSA) is 27.8 Å². The quantitative estimate of drug-likeness (QED) is 0.842. The Balaban J connectivity index is 1.72. The first-order valence-corrected chi connectivity index (χ1v) is 5.97. The van der Waals surface area contributed by atoms with E-state index in [-0.39, 0.29) is 18.9 Å². The maximum atomic E-state index is 12.5. The van der Waals surface area contributed by atoms with Gasteiger partial charge in [-0.2, -0.15) is 13.2 Å². The number of hydrogen-bond acceptors (Lipinski definition) is 1. The van der Waals surface area contributed by atoms with Gasteiger partial charge in [-0.05, 0) is 37.3 Å². The molecule has 1 aromatic rings. The second-order valence-corrected chi connectivity index (χ2v) is 4.69. The number of H-pyrrole nitrogens is 1. The summed E-state index contributed by atoms with van der Waals surface area (Å²) in [6.45, 7) is 0.727. The predicted octanol–water partition coefficient (Wildman–Crippen LogP) is 3.23. The molecule has 96 valence electrons. The first-order chi connectivity index (χ1) is 8.05. The van der Waals surface area contributed by atoms with Crippen LogP contribution in [-0.2, 0) is 6.54 Å². The van der Waals surface area contributed by atoms with Gasteiger partial charge in [0.15, 0.2) is 0 Å². The van der Waals surface area contributed by atoms with E-state index >= 15 is 0 Å². The van der Waals surface area contributed by atoms with Gasteiger partial charge in [-0.1, -0.05) is 0 Å². The molecule has 0 atom stereocenters. The lowest BCUT2D eigenvalue weighted by Gasteiger charge is -2.30. The van der Waals surface area contributed by atoms with Gasteiger partial charge in [0, 0.05) is 25.0 Å². The molecule has 0 amide bonds. The van der Waals surface area contributed by atoms with Crippen molar-refractivity contribution in [2.24, 2.45) is 5.92 Å². The van der Waals surface area contributed by atoms with Crippen LogP contribution in [0.3, 0.4) is 0 Å². The van der Waals surface area contributed by atoms with E-state index < -0.39 is 12.1 Å². The molecule has 5 heteroatoms. The third kappa shape index (κ3) is 3.49. The van der Waals surface area contributed by atoms with E-state index in [1.165, 1.54) is 0 Å². The van der Waals surface area contributed by atoms with Gasteiger partial charge in [0.1, 0.15) is 0 Å². The summed E-state index contributed by atoms with van der Waals surface area (Å²) in [5.41, 5.74) is 1.14. The third-order valence-electron chi connectivity index (χ3n) is 3.45. The van der Waals surface area contributed by atoms with Gasteiger partial charge >= 0.3 is 6.18 Å². The molecule has 0 spiro atoms. The van der Waals surface area contributed by atoms with E-state index in [1.807, 2.05) is 18.5 Å². The number of hydrogen-bond donors (Lipinski definition) is 2.